The van der Waals surface area contributed by atoms with Crippen LogP contribution in [-0.4, -0.2) is 32.6 Å². The Morgan fingerprint density at radius 2 is 2.26 bits per heavy atom. The average molecular weight is 335 g/mol. The number of hydrogen-bond donors (Lipinski definition) is 2. The van der Waals surface area contributed by atoms with E-state index in [1.807, 2.05) is 6.07 Å². The molecule has 0 bridgehead atoms. The summed E-state index contributed by atoms with van der Waals surface area (Å²) in [6.45, 7) is 2.98. The maximum absolute atomic E-state index is 11.6. The third-order valence-corrected chi connectivity index (χ3v) is 4.21. The van der Waals surface area contributed by atoms with Crippen LogP contribution in [0.2, 0.25) is 0 Å². The minimum absolute atomic E-state index is 0.393. The molecule has 0 saturated carbocycles. The molecule has 2 rings (SSSR count). The summed E-state index contributed by atoms with van der Waals surface area (Å²) in [5.41, 5.74) is 0.449. The summed E-state index contributed by atoms with van der Waals surface area (Å²) in [6.07, 6.45) is 0.949. The number of rotatable bonds is 6. The van der Waals surface area contributed by atoms with Gasteiger partial charge in [0.1, 0.15) is 17.1 Å². The van der Waals surface area contributed by atoms with Crippen molar-refractivity contribution in [3.63, 3.8) is 0 Å². The minimum Gasteiger partial charge on any atom is -0.465 e. The molecule has 0 atom stereocenters. The van der Waals surface area contributed by atoms with Gasteiger partial charge in [-0.3, -0.25) is 4.99 Å². The second kappa shape index (κ2) is 8.38. The van der Waals surface area contributed by atoms with Crippen molar-refractivity contribution in [2.24, 2.45) is 4.99 Å². The zero-order valence-electron chi connectivity index (χ0n) is 13.5. The zero-order chi connectivity index (χ0) is 16.7. The molecular weight excluding hydrogens is 314 g/mol. The van der Waals surface area contributed by atoms with Crippen LogP contribution < -0.4 is 10.6 Å². The highest BCUT2D eigenvalue weighted by molar-refractivity contribution is 7.09. The third kappa shape index (κ3) is 4.85. The molecule has 0 radical (unpaired) electrons. The molecule has 124 valence electrons. The van der Waals surface area contributed by atoms with Gasteiger partial charge in [0.05, 0.1) is 13.7 Å². The molecule has 0 aromatic carbocycles. The van der Waals surface area contributed by atoms with E-state index in [0.29, 0.717) is 29.6 Å². The topological polar surface area (TPSA) is 75.9 Å². The van der Waals surface area contributed by atoms with Gasteiger partial charge in [-0.2, -0.15) is 0 Å². The summed E-state index contributed by atoms with van der Waals surface area (Å²) < 4.78 is 10.3. The van der Waals surface area contributed by atoms with Gasteiger partial charge in [0.25, 0.3) is 0 Å². The standard InChI is InChI=1S/C16H21N3O3S/c1-11-14(15(20)21-3)9-12(22-11)10-19-16(17-2)18-7-6-13-5-4-8-23-13/h4-5,8-9H,6-7,10H2,1-3H3,(H2,17,18,19). The van der Waals surface area contributed by atoms with Gasteiger partial charge in [0.2, 0.25) is 0 Å². The van der Waals surface area contributed by atoms with E-state index in [0.717, 1.165) is 13.0 Å². The Kier molecular flexibility index (Phi) is 6.22. The normalized spacial score (nSPS) is 11.3. The second-order valence-electron chi connectivity index (χ2n) is 4.86. The van der Waals surface area contributed by atoms with Crippen LogP contribution >= 0.6 is 11.3 Å². The second-order valence-corrected chi connectivity index (χ2v) is 5.89. The van der Waals surface area contributed by atoms with Crippen molar-refractivity contribution in [3.05, 3.63) is 45.5 Å². The smallest absolute Gasteiger partial charge is 0.341 e. The van der Waals surface area contributed by atoms with Crippen molar-refractivity contribution in [1.82, 2.24) is 10.6 Å². The Morgan fingerprint density at radius 1 is 1.43 bits per heavy atom. The van der Waals surface area contributed by atoms with Gasteiger partial charge in [-0.25, -0.2) is 4.79 Å². The SMILES string of the molecule is CN=C(NCCc1cccs1)NCc1cc(C(=O)OC)c(C)o1. The average Bonchev–Trinajstić information content (AvgIpc) is 3.19. The number of aliphatic imine (C=N–C) groups is 1. The molecule has 0 aliphatic heterocycles. The van der Waals surface area contributed by atoms with Gasteiger partial charge in [0.15, 0.2) is 5.96 Å². The van der Waals surface area contributed by atoms with E-state index in [1.54, 1.807) is 31.4 Å². The predicted molar refractivity (Wildman–Crippen MR) is 91.0 cm³/mol. The van der Waals surface area contributed by atoms with Crippen LogP contribution in [0.3, 0.4) is 0 Å². The molecule has 0 aliphatic carbocycles. The maximum Gasteiger partial charge on any atom is 0.341 e. The molecule has 6 nitrogen and oxygen atoms in total. The van der Waals surface area contributed by atoms with Crippen LogP contribution in [0.25, 0.3) is 0 Å². The molecule has 0 amide bonds. The number of carbonyl (C=O) groups excluding carboxylic acids is 1. The third-order valence-electron chi connectivity index (χ3n) is 3.27. The Balaban J connectivity index is 1.82. The van der Waals surface area contributed by atoms with Crippen molar-refractivity contribution >= 4 is 23.3 Å². The molecule has 2 N–H and O–H groups in total. The lowest BCUT2D eigenvalue weighted by atomic mass is 10.2. The summed E-state index contributed by atoms with van der Waals surface area (Å²) >= 11 is 1.74. The quantitative estimate of drug-likeness (QED) is 0.481. The molecular formula is C16H21N3O3S. The number of ether oxygens (including phenoxy) is 1. The molecule has 23 heavy (non-hydrogen) atoms. The fourth-order valence-corrected chi connectivity index (χ4v) is 2.80. The molecule has 7 heteroatoms. The number of nitrogens with one attached hydrogen (secondary N) is 2. The first-order valence-corrected chi connectivity index (χ1v) is 8.16. The van der Waals surface area contributed by atoms with Crippen LogP contribution in [-0.2, 0) is 17.7 Å². The molecule has 2 aromatic heterocycles. The van der Waals surface area contributed by atoms with Crippen LogP contribution in [0.1, 0.15) is 26.8 Å². The zero-order valence-corrected chi connectivity index (χ0v) is 14.3. The number of guanidine groups is 1. The highest BCUT2D eigenvalue weighted by atomic mass is 32.1. The van der Waals surface area contributed by atoms with Gasteiger partial charge in [-0.1, -0.05) is 6.07 Å². The van der Waals surface area contributed by atoms with E-state index in [1.165, 1.54) is 12.0 Å². The van der Waals surface area contributed by atoms with Crippen molar-refractivity contribution < 1.29 is 13.9 Å². The van der Waals surface area contributed by atoms with Gasteiger partial charge in [-0.15, -0.1) is 11.3 Å². The lowest BCUT2D eigenvalue weighted by molar-refractivity contribution is 0.0599. The van der Waals surface area contributed by atoms with Gasteiger partial charge >= 0.3 is 5.97 Å². The monoisotopic (exact) mass is 335 g/mol. The van der Waals surface area contributed by atoms with Crippen molar-refractivity contribution in [2.75, 3.05) is 20.7 Å². The highest BCUT2D eigenvalue weighted by Gasteiger charge is 2.15. The molecule has 2 aromatic rings. The fourth-order valence-electron chi connectivity index (χ4n) is 2.09. The number of nitrogens with zero attached hydrogens (tertiary/aromatic N) is 1. The Labute approximate surface area is 139 Å². The maximum atomic E-state index is 11.6. The van der Waals surface area contributed by atoms with E-state index in [4.69, 9.17) is 9.15 Å². The first-order valence-electron chi connectivity index (χ1n) is 7.28. The number of methoxy groups -OCH3 is 1. The number of furan rings is 1. The van der Waals surface area contributed by atoms with Gasteiger partial charge in [0, 0.05) is 18.5 Å². The van der Waals surface area contributed by atoms with Crippen LogP contribution in [0, 0.1) is 6.92 Å². The number of hydrogen-bond acceptors (Lipinski definition) is 5. The number of aryl methyl sites for hydroxylation is 1. The van der Waals surface area contributed by atoms with Crippen molar-refractivity contribution in [3.8, 4) is 0 Å². The van der Waals surface area contributed by atoms with Crippen LogP contribution in [0.15, 0.2) is 33.0 Å². The summed E-state index contributed by atoms with van der Waals surface area (Å²) in [6, 6.07) is 5.85. The molecule has 0 aliphatic rings. The Morgan fingerprint density at radius 3 is 2.91 bits per heavy atom. The van der Waals surface area contributed by atoms with E-state index < -0.39 is 5.97 Å². The summed E-state index contributed by atoms with van der Waals surface area (Å²) in [4.78, 5) is 17.1. The van der Waals surface area contributed by atoms with Gasteiger partial charge < -0.3 is 19.8 Å². The molecule has 0 unspecified atom stereocenters. The predicted octanol–water partition coefficient (Wildman–Crippen LogP) is 2.34. The van der Waals surface area contributed by atoms with Crippen LogP contribution in [0.4, 0.5) is 0 Å². The van der Waals surface area contributed by atoms with Crippen molar-refractivity contribution in [2.45, 2.75) is 19.9 Å². The van der Waals surface area contributed by atoms with Crippen LogP contribution in [0.5, 0.6) is 0 Å². The summed E-state index contributed by atoms with van der Waals surface area (Å²) in [5, 5.41) is 8.48. The Bertz CT molecular complexity index is 662. The van der Waals surface area contributed by atoms with E-state index in [-0.39, 0.29) is 0 Å². The minimum atomic E-state index is -0.393. The lowest BCUT2D eigenvalue weighted by Gasteiger charge is -2.10. The molecule has 0 saturated heterocycles. The lowest BCUT2D eigenvalue weighted by Crippen LogP contribution is -2.37. The Hall–Kier alpha value is -2.28. The van der Waals surface area contributed by atoms with E-state index >= 15 is 0 Å². The fraction of sp³-hybridized carbons (Fsp3) is 0.375. The summed E-state index contributed by atoms with van der Waals surface area (Å²) in [7, 11) is 3.07. The molecule has 0 fully saturated rings. The molecule has 0 spiro atoms. The van der Waals surface area contributed by atoms with Crippen molar-refractivity contribution in [1.29, 1.82) is 0 Å². The van der Waals surface area contributed by atoms with Gasteiger partial charge in [-0.05, 0) is 30.9 Å². The number of carbonyl (C=O) groups is 1. The largest absolute Gasteiger partial charge is 0.465 e. The number of esters is 1. The van der Waals surface area contributed by atoms with E-state index in [9.17, 15) is 4.79 Å². The number of thiophene rings is 1. The summed E-state index contributed by atoms with van der Waals surface area (Å²) in [5.74, 6) is 1.50. The highest BCUT2D eigenvalue weighted by Crippen LogP contribution is 2.15. The first kappa shape index (κ1) is 17.1. The van der Waals surface area contributed by atoms with E-state index in [2.05, 4.69) is 27.1 Å². The molecule has 2 heterocycles. The first-order chi connectivity index (χ1) is 11.1.